The Morgan fingerprint density at radius 2 is 1.90 bits per heavy atom. The van der Waals surface area contributed by atoms with Crippen LogP contribution in [0.3, 0.4) is 0 Å². The van der Waals surface area contributed by atoms with E-state index in [1.165, 1.54) is 23.1 Å². The Labute approximate surface area is 120 Å². The highest BCUT2D eigenvalue weighted by atomic mass is 15.0. The molecule has 1 atom stereocenters. The zero-order valence-corrected chi connectivity index (χ0v) is 12.1. The van der Waals surface area contributed by atoms with E-state index >= 15 is 0 Å². The second kappa shape index (κ2) is 5.49. The molecule has 0 radical (unpaired) electrons. The van der Waals surface area contributed by atoms with E-state index in [9.17, 15) is 0 Å². The van der Waals surface area contributed by atoms with Crippen LogP contribution in [0.4, 0.5) is 0 Å². The van der Waals surface area contributed by atoms with Gasteiger partial charge in [0.15, 0.2) is 0 Å². The molecule has 20 heavy (non-hydrogen) atoms. The Bertz CT molecular complexity index is 698. The predicted molar refractivity (Wildman–Crippen MR) is 84.0 cm³/mol. The number of hydrogen-bond donors (Lipinski definition) is 0. The third-order valence-corrected chi connectivity index (χ3v) is 4.02. The van der Waals surface area contributed by atoms with Gasteiger partial charge in [0.25, 0.3) is 0 Å². The molecule has 0 fully saturated rings. The Morgan fingerprint density at radius 1 is 1.10 bits per heavy atom. The average Bonchev–Trinajstić information content (AvgIpc) is 2.90. The number of fused-ring (bicyclic) bond motifs is 1. The van der Waals surface area contributed by atoms with Crippen molar-refractivity contribution in [2.75, 3.05) is 0 Å². The Hall–Kier alpha value is -2.09. The highest BCUT2D eigenvalue weighted by Gasteiger charge is 2.08. The fourth-order valence-corrected chi connectivity index (χ4v) is 2.52. The van der Waals surface area contributed by atoms with Crippen molar-refractivity contribution >= 4 is 11.0 Å². The van der Waals surface area contributed by atoms with Crippen LogP contribution in [0.25, 0.3) is 11.0 Å². The van der Waals surface area contributed by atoms with Crippen LogP contribution in [0.5, 0.6) is 0 Å². The normalized spacial score (nSPS) is 12.7. The van der Waals surface area contributed by atoms with Crippen molar-refractivity contribution < 1.29 is 0 Å². The van der Waals surface area contributed by atoms with Gasteiger partial charge in [-0.25, -0.2) is 4.98 Å². The fourth-order valence-electron chi connectivity index (χ4n) is 2.52. The molecular formula is C18H20N2. The van der Waals surface area contributed by atoms with Crippen molar-refractivity contribution in [3.05, 3.63) is 66.0 Å². The topological polar surface area (TPSA) is 17.8 Å². The molecule has 0 aliphatic rings. The lowest BCUT2D eigenvalue weighted by Gasteiger charge is -2.10. The molecular weight excluding hydrogens is 244 g/mol. The summed E-state index contributed by atoms with van der Waals surface area (Å²) in [6.07, 6.45) is 3.11. The first-order chi connectivity index (χ1) is 9.78. The first-order valence-corrected chi connectivity index (χ1v) is 7.26. The minimum absolute atomic E-state index is 0.597. The van der Waals surface area contributed by atoms with Crippen LogP contribution in [-0.4, -0.2) is 9.55 Å². The van der Waals surface area contributed by atoms with Gasteiger partial charge in [-0.3, -0.25) is 0 Å². The number of nitrogens with zero attached hydrogens (tertiary/aromatic N) is 2. The zero-order valence-electron chi connectivity index (χ0n) is 12.1. The molecule has 102 valence electrons. The minimum atomic E-state index is 0.597. The van der Waals surface area contributed by atoms with Gasteiger partial charge in [0.2, 0.25) is 0 Å². The van der Waals surface area contributed by atoms with Crippen molar-refractivity contribution in [3.8, 4) is 0 Å². The summed E-state index contributed by atoms with van der Waals surface area (Å²) in [5.41, 5.74) is 5.01. The lowest BCUT2D eigenvalue weighted by Crippen LogP contribution is -1.98. The Balaban J connectivity index is 1.99. The van der Waals surface area contributed by atoms with E-state index < -0.39 is 0 Å². The predicted octanol–water partition coefficient (Wildman–Crippen LogP) is 4.60. The summed E-state index contributed by atoms with van der Waals surface area (Å²) in [5, 5.41) is 0. The molecule has 1 unspecified atom stereocenters. The van der Waals surface area contributed by atoms with Gasteiger partial charge in [0, 0.05) is 6.54 Å². The maximum Gasteiger partial charge on any atom is 0.0961 e. The van der Waals surface area contributed by atoms with Crippen LogP contribution < -0.4 is 0 Å². The summed E-state index contributed by atoms with van der Waals surface area (Å²) in [4.78, 5) is 4.50. The first-order valence-electron chi connectivity index (χ1n) is 7.26. The molecule has 3 rings (SSSR count). The van der Waals surface area contributed by atoms with Gasteiger partial charge in [-0.1, -0.05) is 50.2 Å². The molecule has 0 saturated heterocycles. The van der Waals surface area contributed by atoms with Gasteiger partial charge in [0.1, 0.15) is 0 Å². The molecule has 3 aromatic rings. The molecule has 2 nitrogen and oxygen atoms in total. The van der Waals surface area contributed by atoms with Gasteiger partial charge in [-0.2, -0.15) is 0 Å². The standard InChI is InChI=1S/C18H20N2/c1-3-14(2)16-9-10-17-18(11-16)20(13-19-17)12-15-7-5-4-6-8-15/h4-11,13-14H,3,12H2,1-2H3. The summed E-state index contributed by atoms with van der Waals surface area (Å²) in [7, 11) is 0. The summed E-state index contributed by atoms with van der Waals surface area (Å²) < 4.78 is 2.23. The molecule has 1 aromatic heterocycles. The van der Waals surface area contributed by atoms with Crippen LogP contribution in [0.2, 0.25) is 0 Å². The first kappa shape index (κ1) is 12.9. The summed E-state index contributed by atoms with van der Waals surface area (Å²) in [6.45, 7) is 5.39. The minimum Gasteiger partial charge on any atom is -0.326 e. The van der Waals surface area contributed by atoms with E-state index in [2.05, 4.69) is 71.9 Å². The smallest absolute Gasteiger partial charge is 0.0961 e. The molecule has 2 aromatic carbocycles. The second-order valence-electron chi connectivity index (χ2n) is 5.42. The van der Waals surface area contributed by atoms with Crippen molar-refractivity contribution in [3.63, 3.8) is 0 Å². The molecule has 2 heteroatoms. The van der Waals surface area contributed by atoms with Crippen molar-refractivity contribution in [1.29, 1.82) is 0 Å². The van der Waals surface area contributed by atoms with E-state index in [0.29, 0.717) is 5.92 Å². The van der Waals surface area contributed by atoms with E-state index in [1.807, 2.05) is 6.33 Å². The third-order valence-electron chi connectivity index (χ3n) is 4.02. The average molecular weight is 264 g/mol. The number of rotatable bonds is 4. The molecule has 0 aliphatic heterocycles. The molecule has 1 heterocycles. The number of hydrogen-bond acceptors (Lipinski definition) is 1. The van der Waals surface area contributed by atoms with E-state index in [-0.39, 0.29) is 0 Å². The monoisotopic (exact) mass is 264 g/mol. The maximum atomic E-state index is 4.50. The van der Waals surface area contributed by atoms with Gasteiger partial charge < -0.3 is 4.57 Å². The Morgan fingerprint density at radius 3 is 2.65 bits per heavy atom. The van der Waals surface area contributed by atoms with Crippen molar-refractivity contribution in [2.24, 2.45) is 0 Å². The van der Waals surface area contributed by atoms with Crippen molar-refractivity contribution in [1.82, 2.24) is 9.55 Å². The fraction of sp³-hybridized carbons (Fsp3) is 0.278. The van der Waals surface area contributed by atoms with E-state index in [0.717, 1.165) is 12.1 Å². The quantitative estimate of drug-likeness (QED) is 0.673. The highest BCUT2D eigenvalue weighted by molar-refractivity contribution is 5.76. The van der Waals surface area contributed by atoms with Crippen molar-refractivity contribution in [2.45, 2.75) is 32.7 Å². The van der Waals surface area contributed by atoms with Crippen LogP contribution in [0.1, 0.15) is 37.3 Å². The third kappa shape index (κ3) is 2.46. The number of aromatic nitrogens is 2. The number of benzene rings is 2. The summed E-state index contributed by atoms with van der Waals surface area (Å²) in [6, 6.07) is 17.2. The number of imidazole rings is 1. The van der Waals surface area contributed by atoms with Gasteiger partial charge in [-0.15, -0.1) is 0 Å². The molecule has 0 saturated carbocycles. The molecule has 0 amide bonds. The largest absolute Gasteiger partial charge is 0.326 e. The van der Waals surface area contributed by atoms with Crippen LogP contribution >= 0.6 is 0 Å². The second-order valence-corrected chi connectivity index (χ2v) is 5.42. The Kier molecular flexibility index (Phi) is 3.55. The highest BCUT2D eigenvalue weighted by Crippen LogP contribution is 2.23. The molecule has 0 bridgehead atoms. The SMILES string of the molecule is CCC(C)c1ccc2ncn(Cc3ccccc3)c2c1. The summed E-state index contributed by atoms with van der Waals surface area (Å²) in [5.74, 6) is 0.597. The zero-order chi connectivity index (χ0) is 13.9. The summed E-state index contributed by atoms with van der Waals surface area (Å²) >= 11 is 0. The van der Waals surface area contributed by atoms with Crippen LogP contribution in [0.15, 0.2) is 54.9 Å². The molecule has 0 N–H and O–H groups in total. The van der Waals surface area contributed by atoms with Crippen LogP contribution in [0, 0.1) is 0 Å². The lowest BCUT2D eigenvalue weighted by molar-refractivity contribution is 0.733. The van der Waals surface area contributed by atoms with Crippen LogP contribution in [-0.2, 0) is 6.54 Å². The van der Waals surface area contributed by atoms with Gasteiger partial charge in [-0.05, 0) is 35.6 Å². The maximum absolute atomic E-state index is 4.50. The van der Waals surface area contributed by atoms with E-state index in [1.54, 1.807) is 0 Å². The van der Waals surface area contributed by atoms with E-state index in [4.69, 9.17) is 0 Å². The lowest BCUT2D eigenvalue weighted by atomic mass is 9.98. The van der Waals surface area contributed by atoms with Gasteiger partial charge in [0.05, 0.1) is 17.4 Å². The van der Waals surface area contributed by atoms with Gasteiger partial charge >= 0.3 is 0 Å². The molecule has 0 spiro atoms. The molecule has 0 aliphatic carbocycles.